The lowest BCUT2D eigenvalue weighted by Crippen LogP contribution is -2.55. The van der Waals surface area contributed by atoms with E-state index < -0.39 is 23.1 Å². The van der Waals surface area contributed by atoms with E-state index in [9.17, 15) is 19.8 Å². The van der Waals surface area contributed by atoms with Crippen LogP contribution in [0, 0.1) is 10.8 Å². The summed E-state index contributed by atoms with van der Waals surface area (Å²) < 4.78 is 69.8. The lowest BCUT2D eigenvalue weighted by atomic mass is 9.58. The molecule has 306 valence electrons. The zero-order chi connectivity index (χ0) is 39.0. The third-order valence-electron chi connectivity index (χ3n) is 8.29. The number of aliphatic hydroxyl groups is 1. The summed E-state index contributed by atoms with van der Waals surface area (Å²) in [4.78, 5) is 23.0. The Kier molecular flexibility index (Phi) is 28.0. The first-order valence-electron chi connectivity index (χ1n) is 15.9. The predicted octanol–water partition coefficient (Wildman–Crippen LogP) is 9.42. The fourth-order valence-electron chi connectivity index (χ4n) is 5.73. The van der Waals surface area contributed by atoms with Gasteiger partial charge < -0.3 is 29.2 Å². The number of hydrogen-bond acceptors (Lipinski definition) is 8. The monoisotopic (exact) mass is 776 g/mol. The number of amides is 1. The van der Waals surface area contributed by atoms with Crippen LogP contribution in [-0.4, -0.2) is 66.1 Å². The molecule has 2 aliphatic rings. The van der Waals surface area contributed by atoms with E-state index in [1.54, 1.807) is 27.9 Å². The molecular formula is C36H55F7N2O8. The Morgan fingerprint density at radius 3 is 1.64 bits per heavy atom. The lowest BCUT2D eigenvalue weighted by molar-refractivity contribution is -0.187. The van der Waals surface area contributed by atoms with Gasteiger partial charge in [0.1, 0.15) is 5.60 Å². The fraction of sp³-hybridized carbons (Fsp3) is 0.583. The number of carbonyl (C=O) groups excluding carboxylic acids is 1. The molecule has 0 unspecified atom stereocenters. The first-order chi connectivity index (χ1) is 24.3. The van der Waals surface area contributed by atoms with Gasteiger partial charge in [-0.15, -0.1) is 0 Å². The zero-order valence-electron chi connectivity index (χ0n) is 30.0. The third kappa shape index (κ3) is 19.7. The van der Waals surface area contributed by atoms with Gasteiger partial charge in [-0.3, -0.25) is 9.50 Å². The average molecular weight is 777 g/mol. The number of carboxylic acids is 1. The van der Waals surface area contributed by atoms with Gasteiger partial charge in [0, 0.05) is 65.5 Å². The number of aliphatic carboxylic acids is 1. The van der Waals surface area contributed by atoms with Crippen LogP contribution in [0.4, 0.5) is 36.9 Å². The summed E-state index contributed by atoms with van der Waals surface area (Å²) in [5, 5.41) is 23.2. The van der Waals surface area contributed by atoms with E-state index in [-0.39, 0.29) is 29.8 Å². The normalized spacial score (nSPS) is 20.6. The number of nitrogens with zero attached hydrogens (tertiary/aromatic N) is 1. The van der Waals surface area contributed by atoms with Gasteiger partial charge >= 0.3 is 12.1 Å². The summed E-state index contributed by atoms with van der Waals surface area (Å²) in [6.45, 7) is 9.59. The second-order valence-electron chi connectivity index (χ2n) is 13.5. The number of hydrogen-bond donors (Lipinski definition) is 3. The van der Waals surface area contributed by atoms with Gasteiger partial charge in [-0.1, -0.05) is 68.1 Å². The SMILES string of the molecule is C.CC(C)(C)OC(=O)NN=C1CC(CO)(CCOCc2ccccc2)C1.COC1(C)CC(CCOCc2ccccc2)(C(=O)O)C1.F.FF.FF.FF. The number of carboxylic acid groups (broad SMARTS) is 1. The molecule has 2 aliphatic carbocycles. The number of hydrazone groups is 1. The van der Waals surface area contributed by atoms with Crippen molar-refractivity contribution in [3.8, 4) is 0 Å². The molecule has 17 heteroatoms. The van der Waals surface area contributed by atoms with Crippen molar-refractivity contribution in [2.75, 3.05) is 26.9 Å². The highest BCUT2D eigenvalue weighted by Crippen LogP contribution is 2.52. The Balaban J connectivity index is -0.000000812. The Hall–Kier alpha value is -3.80. The molecule has 4 rings (SSSR count). The number of aliphatic hydroxyl groups excluding tert-OH is 1. The van der Waals surface area contributed by atoms with E-state index in [2.05, 4.69) is 10.5 Å². The number of carbonyl (C=O) groups is 2. The topological polar surface area (TPSA) is 136 Å². The van der Waals surface area contributed by atoms with Crippen molar-refractivity contribution in [1.29, 1.82) is 0 Å². The Labute approximate surface area is 306 Å². The highest BCUT2D eigenvalue weighted by Gasteiger charge is 2.57. The molecule has 53 heavy (non-hydrogen) atoms. The van der Waals surface area contributed by atoms with Crippen LogP contribution in [0.3, 0.4) is 0 Å². The molecule has 0 heterocycles. The van der Waals surface area contributed by atoms with Gasteiger partial charge in [-0.2, -0.15) is 5.10 Å². The van der Waals surface area contributed by atoms with E-state index in [4.69, 9.17) is 46.4 Å². The molecule has 2 saturated carbocycles. The Morgan fingerprint density at radius 2 is 1.26 bits per heavy atom. The summed E-state index contributed by atoms with van der Waals surface area (Å²) in [5.41, 5.74) is 3.80. The van der Waals surface area contributed by atoms with E-state index in [0.29, 0.717) is 58.5 Å². The van der Waals surface area contributed by atoms with Crippen molar-refractivity contribution in [3.63, 3.8) is 0 Å². The third-order valence-corrected chi connectivity index (χ3v) is 8.29. The molecular weight excluding hydrogens is 721 g/mol. The van der Waals surface area contributed by atoms with Crippen molar-refractivity contribution in [1.82, 2.24) is 5.43 Å². The standard InChI is InChI=1S/C19H28N2O4.C16H22O4.CH4.3F2.FH/c1-18(2,3)25-17(23)21-20-16-11-19(12-16,14-22)9-10-24-13-15-7-5-4-6-8-15;1-15(19-2)11-16(12-15,14(17)18)8-9-20-10-13-6-4-3-5-7-13;;3*1-2;/h4-8,22H,9-14H2,1-3H3,(H,21,23);3-7H,8-12H2,1-2H3,(H,17,18);1H4;;;;1H. The molecule has 2 aromatic carbocycles. The highest BCUT2D eigenvalue weighted by molar-refractivity contribution is 5.92. The van der Waals surface area contributed by atoms with Crippen LogP contribution < -0.4 is 5.43 Å². The fourth-order valence-corrected chi connectivity index (χ4v) is 5.73. The minimum absolute atomic E-state index is 0. The average Bonchev–Trinajstić information content (AvgIpc) is 3.11. The van der Waals surface area contributed by atoms with Crippen molar-refractivity contribution in [2.24, 2.45) is 15.9 Å². The van der Waals surface area contributed by atoms with Crippen LogP contribution in [0.25, 0.3) is 0 Å². The van der Waals surface area contributed by atoms with Gasteiger partial charge in [0.2, 0.25) is 0 Å². The van der Waals surface area contributed by atoms with Gasteiger partial charge in [0.05, 0.1) is 24.2 Å². The van der Waals surface area contributed by atoms with Crippen molar-refractivity contribution >= 4 is 17.8 Å². The first kappa shape index (κ1) is 53.6. The first-order valence-corrected chi connectivity index (χ1v) is 15.9. The summed E-state index contributed by atoms with van der Waals surface area (Å²) in [7, 11) is 1.64. The zero-order valence-corrected chi connectivity index (χ0v) is 30.0. The molecule has 10 nitrogen and oxygen atoms in total. The summed E-state index contributed by atoms with van der Waals surface area (Å²) in [6.07, 6.45) is 3.17. The molecule has 2 fully saturated rings. The molecule has 0 bridgehead atoms. The van der Waals surface area contributed by atoms with Crippen LogP contribution >= 0.6 is 0 Å². The maximum atomic E-state index is 11.6. The molecule has 2 aromatic rings. The number of rotatable bonds is 14. The number of benzene rings is 2. The molecule has 3 N–H and O–H groups in total. The summed E-state index contributed by atoms with van der Waals surface area (Å²) >= 11 is 0. The number of ether oxygens (including phenoxy) is 4. The maximum Gasteiger partial charge on any atom is 0.428 e. The van der Waals surface area contributed by atoms with Gasteiger partial charge in [-0.05, 0) is 77.3 Å². The van der Waals surface area contributed by atoms with E-state index in [0.717, 1.165) is 23.3 Å². The largest absolute Gasteiger partial charge is 0.481 e. The highest BCUT2D eigenvalue weighted by atomic mass is 20.0. The molecule has 0 radical (unpaired) electrons. The van der Waals surface area contributed by atoms with Crippen LogP contribution in [0.15, 0.2) is 65.8 Å². The van der Waals surface area contributed by atoms with E-state index in [1.165, 1.54) is 0 Å². The minimum Gasteiger partial charge on any atom is -0.481 e. The molecule has 0 spiro atoms. The number of methoxy groups -OCH3 is 1. The molecule has 0 aliphatic heterocycles. The van der Waals surface area contributed by atoms with Gasteiger partial charge in [-0.25, -0.2) is 10.2 Å². The molecule has 0 aromatic heterocycles. The van der Waals surface area contributed by atoms with Crippen LogP contribution in [-0.2, 0) is 37.0 Å². The lowest BCUT2D eigenvalue weighted by Gasteiger charge is -2.51. The molecule has 1 amide bonds. The minimum atomic E-state index is -0.740. The van der Waals surface area contributed by atoms with Crippen LogP contribution in [0.2, 0.25) is 0 Å². The Bertz CT molecular complexity index is 1260. The number of nitrogens with one attached hydrogen (secondary N) is 1. The van der Waals surface area contributed by atoms with Crippen LogP contribution in [0.5, 0.6) is 0 Å². The summed E-state index contributed by atoms with van der Waals surface area (Å²) in [6, 6.07) is 19.9. The number of halogens is 7. The van der Waals surface area contributed by atoms with Gasteiger partial charge in [0.25, 0.3) is 0 Å². The summed E-state index contributed by atoms with van der Waals surface area (Å²) in [5.74, 6) is -0.740. The van der Waals surface area contributed by atoms with Crippen molar-refractivity contribution in [3.05, 3.63) is 71.8 Å². The predicted molar refractivity (Wildman–Crippen MR) is 188 cm³/mol. The van der Waals surface area contributed by atoms with Crippen LogP contribution in [0.1, 0.15) is 84.8 Å². The quantitative estimate of drug-likeness (QED) is 0.0982. The van der Waals surface area contributed by atoms with Crippen molar-refractivity contribution < 1.29 is 70.9 Å². The van der Waals surface area contributed by atoms with Crippen molar-refractivity contribution in [2.45, 2.75) is 98.1 Å². The van der Waals surface area contributed by atoms with E-state index >= 15 is 0 Å². The second-order valence-corrected chi connectivity index (χ2v) is 13.5. The second kappa shape index (κ2) is 27.8. The molecule has 0 saturated heterocycles. The Morgan fingerprint density at radius 1 is 0.830 bits per heavy atom. The van der Waals surface area contributed by atoms with E-state index in [1.807, 2.05) is 67.6 Å². The maximum absolute atomic E-state index is 11.6. The molecule has 0 atom stereocenters. The smallest absolute Gasteiger partial charge is 0.428 e. The van der Waals surface area contributed by atoms with Gasteiger partial charge in [0.15, 0.2) is 0 Å².